The summed E-state index contributed by atoms with van der Waals surface area (Å²) in [5.74, 6) is -0.246. The zero-order valence-corrected chi connectivity index (χ0v) is 29.3. The number of aromatic amines is 1. The maximum Gasteiger partial charge on any atom is 0.329 e. The monoisotopic (exact) mass is 665 g/mol. The number of rotatable bonds is 9. The van der Waals surface area contributed by atoms with Gasteiger partial charge in [0.05, 0.1) is 23.6 Å². The quantitative estimate of drug-likeness (QED) is 0.248. The molecule has 49 heavy (non-hydrogen) atoms. The third kappa shape index (κ3) is 6.80. The molecule has 6 rings (SSSR count). The molecular formula is C38H47N7O4. The highest BCUT2D eigenvalue weighted by atomic mass is 16.5. The first kappa shape index (κ1) is 34.2. The van der Waals surface area contributed by atoms with E-state index < -0.39 is 0 Å². The first-order chi connectivity index (χ1) is 23.6. The molecule has 0 spiro atoms. The van der Waals surface area contributed by atoms with Crippen LogP contribution in [0.5, 0.6) is 0 Å². The molecule has 0 bridgehead atoms. The Balaban J connectivity index is 1.42. The highest BCUT2D eigenvalue weighted by Gasteiger charge is 2.27. The van der Waals surface area contributed by atoms with Crippen LogP contribution < -0.4 is 21.5 Å². The summed E-state index contributed by atoms with van der Waals surface area (Å²) in [4.78, 5) is 47.7. The van der Waals surface area contributed by atoms with Crippen molar-refractivity contribution in [3.05, 3.63) is 85.2 Å². The van der Waals surface area contributed by atoms with Crippen LogP contribution >= 0.6 is 0 Å². The molecule has 2 fully saturated rings. The fourth-order valence-electron chi connectivity index (χ4n) is 7.72. The lowest BCUT2D eigenvalue weighted by Crippen LogP contribution is -2.40. The smallest absolute Gasteiger partial charge is 0.329 e. The molecule has 2 N–H and O–H groups in total. The minimum Gasteiger partial charge on any atom is -0.381 e. The fraction of sp³-hybridized carbons (Fsp3) is 0.474. The molecule has 11 nitrogen and oxygen atoms in total. The van der Waals surface area contributed by atoms with Crippen LogP contribution in [0.25, 0.3) is 22.2 Å². The number of benzene rings is 2. The molecule has 0 aliphatic carbocycles. The Morgan fingerprint density at radius 1 is 1.02 bits per heavy atom. The number of ether oxygens (including phenoxy) is 1. The van der Waals surface area contributed by atoms with Crippen LogP contribution in [-0.4, -0.2) is 70.4 Å². The molecule has 4 heterocycles. The second-order valence-electron chi connectivity index (χ2n) is 13.5. The number of hydrogen-bond donors (Lipinski definition) is 2. The lowest BCUT2D eigenvalue weighted by Gasteiger charge is -2.37. The molecule has 4 aromatic rings. The van der Waals surface area contributed by atoms with Gasteiger partial charge in [0.15, 0.2) is 0 Å². The summed E-state index contributed by atoms with van der Waals surface area (Å²) in [7, 11) is 1.81. The molecule has 258 valence electrons. The zero-order valence-electron chi connectivity index (χ0n) is 29.3. The highest BCUT2D eigenvalue weighted by Crippen LogP contribution is 2.35. The van der Waals surface area contributed by atoms with Gasteiger partial charge in [0.2, 0.25) is 0 Å². The van der Waals surface area contributed by atoms with Gasteiger partial charge >= 0.3 is 5.69 Å². The van der Waals surface area contributed by atoms with Crippen molar-refractivity contribution in [2.24, 2.45) is 7.05 Å². The summed E-state index contributed by atoms with van der Waals surface area (Å²) in [5, 5.41) is 12.2. The van der Waals surface area contributed by atoms with Crippen molar-refractivity contribution in [2.75, 3.05) is 44.3 Å². The minimum absolute atomic E-state index is 0.0359. The molecule has 2 aromatic heterocycles. The molecular weight excluding hydrogens is 618 g/mol. The number of piperidine rings is 1. The zero-order chi connectivity index (χ0) is 34.8. The van der Waals surface area contributed by atoms with Crippen molar-refractivity contribution in [1.82, 2.24) is 24.3 Å². The van der Waals surface area contributed by atoms with E-state index >= 15 is 0 Å². The Morgan fingerprint density at radius 3 is 2.43 bits per heavy atom. The highest BCUT2D eigenvalue weighted by molar-refractivity contribution is 5.99. The van der Waals surface area contributed by atoms with Crippen molar-refractivity contribution in [2.45, 2.75) is 72.0 Å². The Labute approximate surface area is 287 Å². The number of likely N-dealkylation sites (tertiary alicyclic amines) is 1. The average molecular weight is 666 g/mol. The molecule has 0 unspecified atom stereocenters. The third-order valence-corrected chi connectivity index (χ3v) is 10.5. The first-order valence-electron chi connectivity index (χ1n) is 17.4. The summed E-state index contributed by atoms with van der Waals surface area (Å²) >= 11 is 0. The summed E-state index contributed by atoms with van der Waals surface area (Å²) in [6.45, 7) is 12.1. The number of carbonyl (C=O) groups excluding carboxylic acids is 1. The topological polar surface area (TPSA) is 128 Å². The van der Waals surface area contributed by atoms with Crippen molar-refractivity contribution in [3.63, 3.8) is 0 Å². The largest absolute Gasteiger partial charge is 0.381 e. The number of H-pyrrole nitrogens is 1. The van der Waals surface area contributed by atoms with E-state index in [4.69, 9.17) is 10.00 Å². The van der Waals surface area contributed by atoms with Crippen LogP contribution in [0.4, 0.5) is 5.69 Å². The summed E-state index contributed by atoms with van der Waals surface area (Å²) in [6.07, 6.45) is 3.40. The Hall–Kier alpha value is -4.66. The minimum atomic E-state index is -0.246. The van der Waals surface area contributed by atoms with Gasteiger partial charge in [-0.3, -0.25) is 23.6 Å². The Bertz CT molecular complexity index is 2020. The van der Waals surface area contributed by atoms with E-state index in [1.807, 2.05) is 56.7 Å². The number of aryl methyl sites for hydroxylation is 3. The summed E-state index contributed by atoms with van der Waals surface area (Å²) in [5.41, 5.74) is 7.86. The second-order valence-corrected chi connectivity index (χ2v) is 13.5. The van der Waals surface area contributed by atoms with Gasteiger partial charge in [-0.25, -0.2) is 4.79 Å². The molecule has 0 radical (unpaired) electrons. The van der Waals surface area contributed by atoms with E-state index in [1.165, 1.54) is 0 Å². The second kappa shape index (κ2) is 14.4. The molecule has 2 aliphatic rings. The number of pyridine rings is 1. The number of fused-ring (bicyclic) bond motifs is 1. The number of nitrogens with one attached hydrogen (secondary N) is 2. The van der Waals surface area contributed by atoms with Gasteiger partial charge in [-0.2, -0.15) is 5.26 Å². The normalized spacial score (nSPS) is 16.2. The number of nitriles is 1. The fourth-order valence-corrected chi connectivity index (χ4v) is 7.72. The molecule has 2 saturated heterocycles. The lowest BCUT2D eigenvalue weighted by molar-refractivity contribution is 0.0846. The third-order valence-electron chi connectivity index (χ3n) is 10.5. The lowest BCUT2D eigenvalue weighted by atomic mass is 9.94. The van der Waals surface area contributed by atoms with Crippen LogP contribution in [0.1, 0.15) is 71.4 Å². The van der Waals surface area contributed by atoms with Gasteiger partial charge in [-0.05, 0) is 106 Å². The van der Waals surface area contributed by atoms with Gasteiger partial charge < -0.3 is 19.9 Å². The standard InChI is InChI=1S/C38H47N7O4/c1-6-44(29-11-17-49-18-12-29)34-22-28(20-31(26(34)4)36(46)40-23-32-24(2)19-25(3)41-37(32)47)27-7-8-33-35(21-27)45(38(48)42(33)5)30-9-14-43(15-10-30)16-13-39/h7-8,19-22,29-30H,6,9-12,14-18,23H2,1-5H3,(H,40,46)(H,41,47). The molecule has 0 atom stereocenters. The SMILES string of the molecule is CCN(c1cc(-c2ccc3c(c2)n(C2CCN(CC#N)CC2)c(=O)n3C)cc(C(=O)NCc2c(C)cc(C)[nH]c2=O)c1C)C1CCOCC1. The van der Waals surface area contributed by atoms with E-state index in [0.717, 1.165) is 90.0 Å². The Morgan fingerprint density at radius 2 is 1.76 bits per heavy atom. The molecule has 0 saturated carbocycles. The van der Waals surface area contributed by atoms with Gasteiger partial charge in [0.1, 0.15) is 0 Å². The van der Waals surface area contributed by atoms with Crippen LogP contribution in [0.15, 0.2) is 46.0 Å². The van der Waals surface area contributed by atoms with Crippen molar-refractivity contribution in [3.8, 4) is 17.2 Å². The Kier molecular flexibility index (Phi) is 10.1. The van der Waals surface area contributed by atoms with Crippen molar-refractivity contribution in [1.29, 1.82) is 5.26 Å². The van der Waals surface area contributed by atoms with Gasteiger partial charge in [0.25, 0.3) is 11.5 Å². The van der Waals surface area contributed by atoms with E-state index in [2.05, 4.69) is 45.2 Å². The number of aromatic nitrogens is 3. The van der Waals surface area contributed by atoms with E-state index in [1.54, 1.807) is 4.57 Å². The van der Waals surface area contributed by atoms with Crippen LogP contribution in [0.3, 0.4) is 0 Å². The van der Waals surface area contributed by atoms with E-state index in [9.17, 15) is 14.4 Å². The van der Waals surface area contributed by atoms with Gasteiger partial charge in [-0.15, -0.1) is 0 Å². The first-order valence-corrected chi connectivity index (χ1v) is 17.4. The molecule has 1 amide bonds. The molecule has 2 aromatic carbocycles. The number of anilines is 1. The maximum atomic E-state index is 14.0. The van der Waals surface area contributed by atoms with E-state index in [-0.39, 0.29) is 35.8 Å². The van der Waals surface area contributed by atoms with Crippen molar-refractivity contribution < 1.29 is 9.53 Å². The predicted molar refractivity (Wildman–Crippen MR) is 192 cm³/mol. The summed E-state index contributed by atoms with van der Waals surface area (Å²) < 4.78 is 9.31. The number of nitrogens with zero attached hydrogens (tertiary/aromatic N) is 5. The maximum absolute atomic E-state index is 14.0. The van der Waals surface area contributed by atoms with Crippen LogP contribution in [-0.2, 0) is 18.3 Å². The summed E-state index contributed by atoms with van der Waals surface area (Å²) in [6, 6.07) is 14.7. The van der Waals surface area contributed by atoms with Crippen molar-refractivity contribution >= 4 is 22.6 Å². The van der Waals surface area contributed by atoms with Gasteiger partial charge in [0, 0.05) is 81.0 Å². The van der Waals surface area contributed by atoms with E-state index in [0.29, 0.717) is 30.9 Å². The predicted octanol–water partition coefficient (Wildman–Crippen LogP) is 4.72. The number of carbonyl (C=O) groups is 1. The number of imidazole rings is 1. The average Bonchev–Trinajstić information content (AvgIpc) is 3.34. The number of hydrogen-bond acceptors (Lipinski definition) is 7. The molecule has 11 heteroatoms. The van der Waals surface area contributed by atoms with Crippen LogP contribution in [0.2, 0.25) is 0 Å². The number of amides is 1. The van der Waals surface area contributed by atoms with Gasteiger partial charge in [-0.1, -0.05) is 6.07 Å². The van der Waals surface area contributed by atoms with Crippen LogP contribution in [0, 0.1) is 32.1 Å². The molecule has 2 aliphatic heterocycles.